The third kappa shape index (κ3) is 3.09. The summed E-state index contributed by atoms with van der Waals surface area (Å²) in [6.07, 6.45) is 1.82. The van der Waals surface area contributed by atoms with E-state index >= 15 is 0 Å². The van der Waals surface area contributed by atoms with E-state index in [-0.39, 0.29) is 11.9 Å². The number of ether oxygens (including phenoxy) is 1. The van der Waals surface area contributed by atoms with Crippen LogP contribution < -0.4 is 5.43 Å². The van der Waals surface area contributed by atoms with Crippen molar-refractivity contribution in [2.75, 3.05) is 26.3 Å². The van der Waals surface area contributed by atoms with Gasteiger partial charge in [-0.05, 0) is 29.8 Å². The molecule has 2 rings (SSSR count). The molecule has 6 nitrogen and oxygen atoms in total. The lowest BCUT2D eigenvalue weighted by atomic mass is 10.3. The predicted octanol–water partition coefficient (Wildman–Crippen LogP) is 0.878. The van der Waals surface area contributed by atoms with Crippen molar-refractivity contribution in [2.45, 2.75) is 19.9 Å². The Kier molecular flexibility index (Phi) is 4.36. The van der Waals surface area contributed by atoms with Crippen molar-refractivity contribution in [3.63, 3.8) is 0 Å². The van der Waals surface area contributed by atoms with E-state index in [0.717, 1.165) is 23.3 Å². The first-order valence-electron chi connectivity index (χ1n) is 5.92. The maximum atomic E-state index is 12.1. The Labute approximate surface area is 114 Å². The van der Waals surface area contributed by atoms with E-state index in [2.05, 4.69) is 26.5 Å². The minimum Gasteiger partial charge on any atom is -0.379 e. The molecule has 0 unspecified atom stereocenters. The highest BCUT2D eigenvalue weighted by molar-refractivity contribution is 9.10. The number of nitrogens with zero attached hydrogens (tertiary/aromatic N) is 3. The zero-order valence-electron chi connectivity index (χ0n) is 10.5. The Morgan fingerprint density at radius 3 is 2.78 bits per heavy atom. The molecule has 100 valence electrons. The van der Waals surface area contributed by atoms with Crippen molar-refractivity contribution >= 4 is 21.8 Å². The second-order valence-electron chi connectivity index (χ2n) is 4.29. The van der Waals surface area contributed by atoms with Crippen LogP contribution in [0.5, 0.6) is 0 Å². The number of amides is 1. The van der Waals surface area contributed by atoms with Gasteiger partial charge in [0.25, 0.3) is 5.91 Å². The first kappa shape index (κ1) is 13.5. The summed E-state index contributed by atoms with van der Waals surface area (Å²) in [7, 11) is 0. The number of carbonyl (C=O) groups is 1. The number of hydrazine groups is 1. The van der Waals surface area contributed by atoms with Crippen LogP contribution in [-0.2, 0) is 9.53 Å². The maximum absolute atomic E-state index is 12.1. The normalized spacial score (nSPS) is 18.6. The number of hydrogen-bond acceptors (Lipinski definition) is 4. The van der Waals surface area contributed by atoms with Crippen LogP contribution in [0.2, 0.25) is 0 Å². The van der Waals surface area contributed by atoms with Gasteiger partial charge in [0.05, 0.1) is 23.4 Å². The van der Waals surface area contributed by atoms with E-state index < -0.39 is 0 Å². The summed E-state index contributed by atoms with van der Waals surface area (Å²) in [5.41, 5.74) is 3.76. The van der Waals surface area contributed by atoms with Gasteiger partial charge in [-0.15, -0.1) is 0 Å². The molecule has 1 aromatic heterocycles. The van der Waals surface area contributed by atoms with Crippen molar-refractivity contribution in [3.8, 4) is 0 Å². The van der Waals surface area contributed by atoms with E-state index in [1.54, 1.807) is 4.68 Å². The van der Waals surface area contributed by atoms with Crippen LogP contribution in [0, 0.1) is 6.92 Å². The van der Waals surface area contributed by atoms with Crippen LogP contribution in [0.25, 0.3) is 0 Å². The second-order valence-corrected chi connectivity index (χ2v) is 5.15. The molecule has 1 fully saturated rings. The molecule has 7 heteroatoms. The summed E-state index contributed by atoms with van der Waals surface area (Å²) in [6.45, 7) is 6.48. The summed E-state index contributed by atoms with van der Waals surface area (Å²) in [4.78, 5) is 12.1. The van der Waals surface area contributed by atoms with Gasteiger partial charge in [-0.25, -0.2) is 5.01 Å². The van der Waals surface area contributed by atoms with Crippen molar-refractivity contribution in [1.82, 2.24) is 20.2 Å². The smallest absolute Gasteiger partial charge is 0.258 e. The lowest BCUT2D eigenvalue weighted by Gasteiger charge is -2.28. The van der Waals surface area contributed by atoms with Crippen LogP contribution >= 0.6 is 15.9 Å². The Morgan fingerprint density at radius 1 is 1.56 bits per heavy atom. The molecule has 1 aromatic rings. The SMILES string of the molecule is Cc1nn([C@H](C)C(=O)NN2CCOCC2)cc1Br. The van der Waals surface area contributed by atoms with Gasteiger partial charge in [0.15, 0.2) is 0 Å². The van der Waals surface area contributed by atoms with Crippen LogP contribution in [0.3, 0.4) is 0 Å². The second kappa shape index (κ2) is 5.81. The van der Waals surface area contributed by atoms with Crippen LogP contribution in [-0.4, -0.2) is 47.0 Å². The zero-order valence-corrected chi connectivity index (χ0v) is 12.1. The molecule has 1 amide bonds. The first-order valence-corrected chi connectivity index (χ1v) is 6.71. The van der Waals surface area contributed by atoms with Gasteiger partial charge in [-0.3, -0.25) is 14.9 Å². The zero-order chi connectivity index (χ0) is 13.1. The number of hydrogen-bond donors (Lipinski definition) is 1. The third-order valence-electron chi connectivity index (χ3n) is 2.91. The predicted molar refractivity (Wildman–Crippen MR) is 69.9 cm³/mol. The number of carbonyl (C=O) groups excluding carboxylic acids is 1. The molecule has 0 bridgehead atoms. The summed E-state index contributed by atoms with van der Waals surface area (Å²) in [5.74, 6) is -0.0631. The molecule has 0 aliphatic carbocycles. The van der Waals surface area contributed by atoms with Gasteiger partial charge in [0, 0.05) is 19.3 Å². The largest absolute Gasteiger partial charge is 0.379 e. The standard InChI is InChI=1S/C11H17BrN4O2/c1-8-10(12)7-16(13-8)9(2)11(17)14-15-3-5-18-6-4-15/h7,9H,3-6H2,1-2H3,(H,14,17)/t9-/m1/s1. The Balaban J connectivity index is 1.95. The molecule has 1 N–H and O–H groups in total. The minimum absolute atomic E-state index is 0.0631. The van der Waals surface area contributed by atoms with Gasteiger partial charge >= 0.3 is 0 Å². The number of halogens is 1. The average molecular weight is 317 g/mol. The molecular formula is C11H17BrN4O2. The molecule has 0 aromatic carbocycles. The maximum Gasteiger partial charge on any atom is 0.258 e. The molecule has 0 saturated carbocycles. The molecule has 0 spiro atoms. The minimum atomic E-state index is -0.335. The highest BCUT2D eigenvalue weighted by Gasteiger charge is 2.20. The van der Waals surface area contributed by atoms with Gasteiger partial charge < -0.3 is 4.74 Å². The summed E-state index contributed by atoms with van der Waals surface area (Å²) in [5, 5.41) is 6.17. The summed E-state index contributed by atoms with van der Waals surface area (Å²) in [6, 6.07) is -0.335. The third-order valence-corrected chi connectivity index (χ3v) is 3.69. The van der Waals surface area contributed by atoms with Crippen LogP contribution in [0.1, 0.15) is 18.7 Å². The van der Waals surface area contributed by atoms with Gasteiger partial charge in [0.1, 0.15) is 6.04 Å². The average Bonchev–Trinajstić information content (AvgIpc) is 2.70. The summed E-state index contributed by atoms with van der Waals surface area (Å²) >= 11 is 3.39. The van der Waals surface area contributed by atoms with Crippen molar-refractivity contribution in [1.29, 1.82) is 0 Å². The van der Waals surface area contributed by atoms with E-state index in [1.165, 1.54) is 0 Å². The fourth-order valence-corrected chi connectivity index (χ4v) is 1.99. The van der Waals surface area contributed by atoms with Gasteiger partial charge in [-0.2, -0.15) is 5.10 Å². The topological polar surface area (TPSA) is 59.4 Å². The van der Waals surface area contributed by atoms with E-state index in [9.17, 15) is 4.79 Å². The number of aryl methyl sites for hydroxylation is 1. The molecular weight excluding hydrogens is 300 g/mol. The molecule has 1 saturated heterocycles. The van der Waals surface area contributed by atoms with Crippen molar-refractivity contribution < 1.29 is 9.53 Å². The Morgan fingerprint density at radius 2 is 2.22 bits per heavy atom. The molecule has 1 aliphatic rings. The number of nitrogens with one attached hydrogen (secondary N) is 1. The lowest BCUT2D eigenvalue weighted by molar-refractivity contribution is -0.131. The fraction of sp³-hybridized carbons (Fsp3) is 0.636. The van der Waals surface area contributed by atoms with E-state index in [4.69, 9.17) is 4.74 Å². The van der Waals surface area contributed by atoms with Crippen molar-refractivity contribution in [3.05, 3.63) is 16.4 Å². The lowest BCUT2D eigenvalue weighted by Crippen LogP contribution is -2.50. The van der Waals surface area contributed by atoms with E-state index in [1.807, 2.05) is 25.1 Å². The molecule has 18 heavy (non-hydrogen) atoms. The number of aromatic nitrogens is 2. The Bertz CT molecular complexity index is 409. The highest BCUT2D eigenvalue weighted by Crippen LogP contribution is 2.16. The van der Waals surface area contributed by atoms with Gasteiger partial charge in [-0.1, -0.05) is 0 Å². The van der Waals surface area contributed by atoms with Gasteiger partial charge in [0.2, 0.25) is 0 Å². The Hall–Kier alpha value is -0.920. The molecule has 0 radical (unpaired) electrons. The number of morpholine rings is 1. The van der Waals surface area contributed by atoms with E-state index in [0.29, 0.717) is 13.2 Å². The van der Waals surface area contributed by atoms with Crippen LogP contribution in [0.4, 0.5) is 0 Å². The van der Waals surface area contributed by atoms with Crippen LogP contribution in [0.15, 0.2) is 10.7 Å². The fourth-order valence-electron chi connectivity index (χ4n) is 1.70. The highest BCUT2D eigenvalue weighted by atomic mass is 79.9. The molecule has 2 heterocycles. The van der Waals surface area contributed by atoms with Crippen molar-refractivity contribution in [2.24, 2.45) is 0 Å². The molecule has 1 aliphatic heterocycles. The number of rotatable bonds is 3. The molecule has 1 atom stereocenters. The monoisotopic (exact) mass is 316 g/mol. The first-order chi connectivity index (χ1) is 8.58. The summed E-state index contributed by atoms with van der Waals surface area (Å²) < 4.78 is 7.80. The quantitative estimate of drug-likeness (QED) is 0.899.